The van der Waals surface area contributed by atoms with Crippen LogP contribution in [0.3, 0.4) is 0 Å². The van der Waals surface area contributed by atoms with Gasteiger partial charge in [-0.05, 0) is 0 Å². The summed E-state index contributed by atoms with van der Waals surface area (Å²) in [5.74, 6) is 0. The summed E-state index contributed by atoms with van der Waals surface area (Å²) in [4.78, 5) is 2.50. The van der Waals surface area contributed by atoms with Crippen LogP contribution < -0.4 is 3.64 Å². The molecule has 0 aliphatic carbocycles. The molecule has 1 aromatic heterocycles. The average Bonchev–Trinajstić information content (AvgIpc) is 2.14. The molecule has 0 saturated heterocycles. The van der Waals surface area contributed by atoms with Crippen molar-refractivity contribution in [2.75, 3.05) is 0 Å². The predicted molar refractivity (Wildman–Crippen MR) is 32.6 cm³/mol. The Morgan fingerprint density at radius 1 is 1.44 bits per heavy atom. The van der Waals surface area contributed by atoms with Gasteiger partial charge < -0.3 is 0 Å². The van der Waals surface area contributed by atoms with Gasteiger partial charge in [0.05, 0.1) is 0 Å². The van der Waals surface area contributed by atoms with E-state index in [1.165, 1.54) is 12.1 Å². The van der Waals surface area contributed by atoms with Crippen LogP contribution in [0.2, 0.25) is 5.15 Å². The molecule has 0 bridgehead atoms. The molecule has 5 heteroatoms. The molecule has 0 unspecified atom stereocenters. The summed E-state index contributed by atoms with van der Waals surface area (Å²) in [5.41, 5.74) is 0. The Morgan fingerprint density at radius 3 is 2.33 bits per heavy atom. The van der Waals surface area contributed by atoms with E-state index in [4.69, 9.17) is 11.6 Å². The van der Waals surface area contributed by atoms with E-state index < -0.39 is 20.2 Å². The zero-order valence-electron chi connectivity index (χ0n) is 4.30. The van der Waals surface area contributed by atoms with Crippen molar-refractivity contribution in [2.24, 2.45) is 0 Å². The Morgan fingerprint density at radius 2 is 2.11 bits per heavy atom. The van der Waals surface area contributed by atoms with Crippen molar-refractivity contribution in [3.05, 3.63) is 17.3 Å². The number of halogens is 1. The summed E-state index contributed by atoms with van der Waals surface area (Å²) in [6.45, 7) is 0. The second-order valence-electron chi connectivity index (χ2n) is 1.45. The molecule has 0 fully saturated rings. The number of rotatable bonds is 1. The van der Waals surface area contributed by atoms with Crippen molar-refractivity contribution in [1.29, 1.82) is 0 Å². The van der Waals surface area contributed by atoms with Crippen LogP contribution in [0.15, 0.2) is 12.1 Å². The summed E-state index contributed by atoms with van der Waals surface area (Å²) in [7, 11) is 0. The van der Waals surface area contributed by atoms with Gasteiger partial charge in [-0.15, -0.1) is 0 Å². The quantitative estimate of drug-likeness (QED) is 0.729. The molecule has 1 heterocycles. The number of aromatic nitrogens is 1. The Hall–Kier alpha value is -0.0118. The number of hydrogen-bond acceptors (Lipinski definition) is 2. The van der Waals surface area contributed by atoms with E-state index in [1.54, 1.807) is 0 Å². The molecule has 1 rings (SSSR count). The van der Waals surface area contributed by atoms with E-state index in [2.05, 4.69) is 4.98 Å². The molecule has 1 N–H and O–H groups in total. The van der Waals surface area contributed by atoms with E-state index >= 15 is 0 Å². The van der Waals surface area contributed by atoms with Gasteiger partial charge >= 0.3 is 63.7 Å². The Labute approximate surface area is 63.8 Å². The van der Waals surface area contributed by atoms with Crippen LogP contribution >= 0.6 is 11.6 Å². The van der Waals surface area contributed by atoms with Gasteiger partial charge in [0.25, 0.3) is 0 Å². The van der Waals surface area contributed by atoms with E-state index in [0.29, 0.717) is 5.15 Å². The predicted octanol–water partition coefficient (Wildman–Crippen LogP) is 0.224. The molecule has 0 radical (unpaired) electrons. The van der Waals surface area contributed by atoms with Crippen LogP contribution in [-0.4, -0.2) is 25.2 Å². The third-order valence-corrected chi connectivity index (χ3v) is 2.92. The normalized spacial score (nSPS) is 9.44. The molecule has 0 atom stereocenters. The Balaban J connectivity index is 3.12. The first kappa shape index (κ1) is 7.10. The third-order valence-electron chi connectivity index (χ3n) is 0.832. The summed E-state index contributed by atoms with van der Waals surface area (Å²) in [6, 6.07) is 2.98. The molecule has 0 amide bonds. The number of aromatic amines is 1. The average molecular weight is 254 g/mol. The molecular weight excluding hydrogens is 251 g/mol. The van der Waals surface area contributed by atoms with Crippen molar-refractivity contribution in [3.8, 4) is 0 Å². The molecule has 1 aromatic rings. The van der Waals surface area contributed by atoms with Crippen LogP contribution in [0.1, 0.15) is 0 Å². The summed E-state index contributed by atoms with van der Waals surface area (Å²) >= 11 is 1.87. The second-order valence-corrected chi connectivity index (χ2v) is 4.70. The molecule has 48 valence electrons. The monoisotopic (exact) mass is 253 g/mol. The Bertz CT molecular complexity index is 270. The van der Waals surface area contributed by atoms with Crippen LogP contribution in [-0.2, 0) is 6.03 Å². The van der Waals surface area contributed by atoms with Gasteiger partial charge in [-0.3, -0.25) is 0 Å². The van der Waals surface area contributed by atoms with Crippen LogP contribution in [0, 0.1) is 0 Å². The van der Waals surface area contributed by atoms with Crippen molar-refractivity contribution in [2.45, 2.75) is 0 Å². The van der Waals surface area contributed by atoms with Crippen molar-refractivity contribution < 1.29 is 6.03 Å². The van der Waals surface area contributed by atoms with Gasteiger partial charge in [-0.1, -0.05) is 0 Å². The molecule has 0 saturated carbocycles. The van der Waals surface area contributed by atoms with Gasteiger partial charge in [0.2, 0.25) is 0 Å². The molecular formula is C4H3ClNO2Sb. The van der Waals surface area contributed by atoms with Crippen LogP contribution in [0.25, 0.3) is 0 Å². The van der Waals surface area contributed by atoms with Gasteiger partial charge in [-0.25, -0.2) is 0 Å². The zero-order chi connectivity index (χ0) is 6.85. The minimum atomic E-state index is -3.53. The zero-order valence-corrected chi connectivity index (χ0v) is 7.61. The molecule has 0 aromatic carbocycles. The summed E-state index contributed by atoms with van der Waals surface area (Å²) < 4.78 is 20.8. The standard InChI is InChI=1S/C4H3ClN.2O.Sb/c5-4-2-1-3-6-4;;;/h1-2,6H;;;. The number of H-pyrrole nitrogens is 1. The summed E-state index contributed by atoms with van der Waals surface area (Å²) in [5, 5.41) is 0.367. The van der Waals surface area contributed by atoms with Gasteiger partial charge in [0.1, 0.15) is 0 Å². The SMILES string of the molecule is [O]=[Sb](=[O])[c]1ccc(Cl)[nH]1. The third kappa shape index (κ3) is 1.70. The van der Waals surface area contributed by atoms with Crippen LogP contribution in [0.5, 0.6) is 0 Å². The molecule has 9 heavy (non-hydrogen) atoms. The topological polar surface area (TPSA) is 49.9 Å². The van der Waals surface area contributed by atoms with E-state index in [-0.39, 0.29) is 3.64 Å². The van der Waals surface area contributed by atoms with Crippen molar-refractivity contribution >= 4 is 35.4 Å². The molecule has 0 spiro atoms. The maximum atomic E-state index is 10.3. The van der Waals surface area contributed by atoms with E-state index in [1.807, 2.05) is 0 Å². The minimum absolute atomic E-state index is 0.267. The van der Waals surface area contributed by atoms with Gasteiger partial charge in [0.15, 0.2) is 0 Å². The fourth-order valence-electron chi connectivity index (χ4n) is 0.464. The first-order valence-corrected chi connectivity index (χ1v) is 5.93. The Kier molecular flexibility index (Phi) is 2.14. The van der Waals surface area contributed by atoms with Crippen LogP contribution in [0.4, 0.5) is 0 Å². The fourth-order valence-corrected chi connectivity index (χ4v) is 1.99. The fraction of sp³-hybridized carbons (Fsp3) is 0. The summed E-state index contributed by atoms with van der Waals surface area (Å²) in [6.07, 6.45) is 0. The van der Waals surface area contributed by atoms with Crippen molar-refractivity contribution in [3.63, 3.8) is 0 Å². The molecule has 0 aliphatic rings. The molecule has 3 nitrogen and oxygen atoms in total. The molecule has 0 aliphatic heterocycles. The number of hydrogen-bond donors (Lipinski definition) is 1. The van der Waals surface area contributed by atoms with Gasteiger partial charge in [0, 0.05) is 0 Å². The van der Waals surface area contributed by atoms with E-state index in [0.717, 1.165) is 0 Å². The van der Waals surface area contributed by atoms with Crippen molar-refractivity contribution in [1.82, 2.24) is 4.98 Å². The van der Waals surface area contributed by atoms with Gasteiger partial charge in [-0.2, -0.15) is 0 Å². The first-order valence-electron chi connectivity index (χ1n) is 2.19. The second kappa shape index (κ2) is 2.71. The van der Waals surface area contributed by atoms with E-state index in [9.17, 15) is 6.03 Å². The maximum absolute atomic E-state index is 10.3. The first-order chi connectivity index (χ1) is 4.20. The number of nitrogens with one attached hydrogen (secondary N) is 1.